The van der Waals surface area contributed by atoms with E-state index in [-0.39, 0.29) is 24.4 Å². The van der Waals surface area contributed by atoms with Crippen LogP contribution in [0.1, 0.15) is 30.3 Å². The van der Waals surface area contributed by atoms with Gasteiger partial charge in [-0.2, -0.15) is 0 Å². The SMILES string of the molecule is O=C(CSc1ccccc1)N(CC(=O)N1c2ccccc2-n2cccc2C1c1ccco1)C1CC1. The van der Waals surface area contributed by atoms with E-state index in [4.69, 9.17) is 4.42 Å². The molecule has 6 nitrogen and oxygen atoms in total. The average molecular weight is 484 g/mol. The van der Waals surface area contributed by atoms with Crippen LogP contribution in [0.25, 0.3) is 5.69 Å². The molecule has 1 atom stereocenters. The lowest BCUT2D eigenvalue weighted by Crippen LogP contribution is -2.47. The molecule has 1 aliphatic heterocycles. The van der Waals surface area contributed by atoms with Gasteiger partial charge < -0.3 is 13.9 Å². The first-order chi connectivity index (χ1) is 17.2. The number of nitrogens with zero attached hydrogens (tertiary/aromatic N) is 3. The van der Waals surface area contributed by atoms with Gasteiger partial charge in [0.1, 0.15) is 18.3 Å². The van der Waals surface area contributed by atoms with Crippen LogP contribution in [0.5, 0.6) is 0 Å². The van der Waals surface area contributed by atoms with Crippen LogP contribution in [0.2, 0.25) is 0 Å². The van der Waals surface area contributed by atoms with Crippen LogP contribution in [-0.4, -0.2) is 39.6 Å². The summed E-state index contributed by atoms with van der Waals surface area (Å²) in [7, 11) is 0. The van der Waals surface area contributed by atoms with Crippen molar-refractivity contribution in [1.29, 1.82) is 0 Å². The Bertz CT molecular complexity index is 1340. The van der Waals surface area contributed by atoms with Gasteiger partial charge in [0.25, 0.3) is 0 Å². The molecule has 1 aliphatic carbocycles. The predicted molar refractivity (Wildman–Crippen MR) is 136 cm³/mol. The minimum Gasteiger partial charge on any atom is -0.467 e. The van der Waals surface area contributed by atoms with E-state index in [0.717, 1.165) is 34.8 Å². The number of aromatic nitrogens is 1. The number of hydrogen-bond acceptors (Lipinski definition) is 4. The Balaban J connectivity index is 1.30. The molecule has 7 heteroatoms. The first-order valence-corrected chi connectivity index (χ1v) is 12.8. The number of furan rings is 1. The van der Waals surface area contributed by atoms with Crippen molar-refractivity contribution in [2.75, 3.05) is 17.2 Å². The number of amides is 2. The molecule has 2 amide bonds. The van der Waals surface area contributed by atoms with Crippen molar-refractivity contribution in [1.82, 2.24) is 9.47 Å². The number of carbonyl (C=O) groups is 2. The lowest BCUT2D eigenvalue weighted by atomic mass is 10.0. The second-order valence-electron chi connectivity index (χ2n) is 8.83. The second-order valence-corrected chi connectivity index (χ2v) is 9.88. The summed E-state index contributed by atoms with van der Waals surface area (Å²) in [6.45, 7) is 0.0467. The van der Waals surface area contributed by atoms with E-state index in [0.29, 0.717) is 11.5 Å². The Morgan fingerprint density at radius 3 is 2.43 bits per heavy atom. The van der Waals surface area contributed by atoms with Gasteiger partial charge in [-0.25, -0.2) is 0 Å². The molecule has 3 heterocycles. The van der Waals surface area contributed by atoms with Gasteiger partial charge in [-0.1, -0.05) is 30.3 Å². The third-order valence-corrected chi connectivity index (χ3v) is 7.52. The summed E-state index contributed by atoms with van der Waals surface area (Å²) in [5.74, 6) is 0.889. The Labute approximate surface area is 208 Å². The summed E-state index contributed by atoms with van der Waals surface area (Å²) >= 11 is 1.51. The van der Waals surface area contributed by atoms with Gasteiger partial charge in [-0.3, -0.25) is 14.5 Å². The molecule has 6 rings (SSSR count). The molecular formula is C28H25N3O3S. The van der Waals surface area contributed by atoms with Crippen LogP contribution in [0.15, 0.2) is 101 Å². The van der Waals surface area contributed by atoms with Crippen LogP contribution in [0, 0.1) is 0 Å². The fourth-order valence-electron chi connectivity index (χ4n) is 4.75. The van der Waals surface area contributed by atoms with E-state index >= 15 is 0 Å². The number of benzene rings is 2. The Morgan fingerprint density at radius 2 is 1.69 bits per heavy atom. The number of fused-ring (bicyclic) bond motifs is 3. The standard InChI is InChI=1S/C28H25N3O3S/c32-26(18-30(20-14-15-20)27(33)19-35-21-8-2-1-3-9-21)31-23-11-5-4-10-22(23)29-16-6-12-24(29)28(31)25-13-7-17-34-25/h1-13,16-17,20,28H,14-15,18-19H2. The molecule has 176 valence electrons. The van der Waals surface area contributed by atoms with Gasteiger partial charge >= 0.3 is 0 Å². The van der Waals surface area contributed by atoms with E-state index in [1.807, 2.05) is 85.1 Å². The summed E-state index contributed by atoms with van der Waals surface area (Å²) in [5.41, 5.74) is 2.70. The van der Waals surface area contributed by atoms with Crippen LogP contribution in [0.4, 0.5) is 5.69 Å². The summed E-state index contributed by atoms with van der Waals surface area (Å²) in [4.78, 5) is 31.9. The Kier molecular flexibility index (Phi) is 5.70. The van der Waals surface area contributed by atoms with Crippen molar-refractivity contribution < 1.29 is 14.0 Å². The molecule has 1 fully saturated rings. The molecule has 0 N–H and O–H groups in total. The minimum atomic E-state index is -0.405. The van der Waals surface area contributed by atoms with E-state index in [1.165, 1.54) is 11.8 Å². The molecule has 2 aromatic carbocycles. The number of rotatable bonds is 7. The van der Waals surface area contributed by atoms with Gasteiger partial charge in [-0.15, -0.1) is 11.8 Å². The highest BCUT2D eigenvalue weighted by atomic mass is 32.2. The highest BCUT2D eigenvalue weighted by Crippen LogP contribution is 2.42. The third kappa shape index (κ3) is 4.17. The lowest BCUT2D eigenvalue weighted by molar-refractivity contribution is -0.133. The zero-order chi connectivity index (χ0) is 23.8. The summed E-state index contributed by atoms with van der Waals surface area (Å²) in [6, 6.07) is 25.2. The van der Waals surface area contributed by atoms with Crippen molar-refractivity contribution in [2.45, 2.75) is 29.8 Å². The molecule has 2 aliphatic rings. The van der Waals surface area contributed by atoms with Crippen LogP contribution < -0.4 is 4.90 Å². The Morgan fingerprint density at radius 1 is 0.914 bits per heavy atom. The smallest absolute Gasteiger partial charge is 0.247 e. The van der Waals surface area contributed by atoms with Gasteiger partial charge in [0.15, 0.2) is 0 Å². The largest absolute Gasteiger partial charge is 0.467 e. The topological polar surface area (TPSA) is 58.7 Å². The zero-order valence-corrected chi connectivity index (χ0v) is 19.9. The number of anilines is 1. The van der Waals surface area contributed by atoms with Crippen molar-refractivity contribution in [3.8, 4) is 5.69 Å². The molecule has 1 unspecified atom stereocenters. The van der Waals surface area contributed by atoms with Gasteiger partial charge in [0, 0.05) is 17.1 Å². The first kappa shape index (κ1) is 21.8. The molecule has 35 heavy (non-hydrogen) atoms. The predicted octanol–water partition coefficient (Wildman–Crippen LogP) is 5.29. The Hall–Kier alpha value is -3.71. The number of thioether (sulfide) groups is 1. The second kappa shape index (κ2) is 9.15. The van der Waals surface area contributed by atoms with Crippen molar-refractivity contribution in [2.24, 2.45) is 0 Å². The van der Waals surface area contributed by atoms with Crippen LogP contribution >= 0.6 is 11.8 Å². The van der Waals surface area contributed by atoms with Crippen molar-refractivity contribution >= 4 is 29.3 Å². The fourth-order valence-corrected chi connectivity index (χ4v) is 5.56. The van der Waals surface area contributed by atoms with Gasteiger partial charge in [0.2, 0.25) is 11.8 Å². The number of carbonyl (C=O) groups excluding carboxylic acids is 2. The number of para-hydroxylation sites is 2. The molecule has 0 bridgehead atoms. The molecule has 2 aromatic heterocycles. The fraction of sp³-hybridized carbons (Fsp3) is 0.214. The van der Waals surface area contributed by atoms with Crippen molar-refractivity contribution in [3.05, 3.63) is 103 Å². The van der Waals surface area contributed by atoms with E-state index in [2.05, 4.69) is 4.57 Å². The van der Waals surface area contributed by atoms with Crippen LogP contribution in [0.3, 0.4) is 0 Å². The van der Waals surface area contributed by atoms with Gasteiger partial charge in [-0.05, 0) is 61.4 Å². The molecular weight excluding hydrogens is 458 g/mol. The molecule has 0 radical (unpaired) electrons. The highest BCUT2D eigenvalue weighted by molar-refractivity contribution is 8.00. The molecule has 0 spiro atoms. The summed E-state index contributed by atoms with van der Waals surface area (Å²) < 4.78 is 7.91. The lowest BCUT2D eigenvalue weighted by Gasteiger charge is -2.38. The summed E-state index contributed by atoms with van der Waals surface area (Å²) in [6.07, 6.45) is 5.52. The summed E-state index contributed by atoms with van der Waals surface area (Å²) in [5, 5.41) is 0. The minimum absolute atomic E-state index is 0.00192. The van der Waals surface area contributed by atoms with E-state index in [9.17, 15) is 9.59 Å². The first-order valence-electron chi connectivity index (χ1n) is 11.8. The number of hydrogen-bond donors (Lipinski definition) is 0. The maximum Gasteiger partial charge on any atom is 0.247 e. The van der Waals surface area contributed by atoms with Gasteiger partial charge in [0.05, 0.1) is 29.1 Å². The maximum atomic E-state index is 14.0. The quantitative estimate of drug-likeness (QED) is 0.335. The molecule has 0 saturated heterocycles. The normalized spacial score (nSPS) is 16.5. The monoisotopic (exact) mass is 483 g/mol. The highest BCUT2D eigenvalue weighted by Gasteiger charge is 2.40. The molecule has 4 aromatic rings. The maximum absolute atomic E-state index is 14.0. The third-order valence-electron chi connectivity index (χ3n) is 6.52. The molecule has 1 saturated carbocycles. The average Bonchev–Trinajstić information content (AvgIpc) is 3.36. The zero-order valence-electron chi connectivity index (χ0n) is 19.1. The van der Waals surface area contributed by atoms with Crippen molar-refractivity contribution in [3.63, 3.8) is 0 Å². The van der Waals surface area contributed by atoms with E-state index in [1.54, 1.807) is 16.1 Å². The van der Waals surface area contributed by atoms with E-state index < -0.39 is 6.04 Å². The van der Waals surface area contributed by atoms with Crippen LogP contribution in [-0.2, 0) is 9.59 Å².